The second-order valence-corrected chi connectivity index (χ2v) is 4.39. The second kappa shape index (κ2) is 4.89. The maximum atomic E-state index is 10.8. The van der Waals surface area contributed by atoms with Gasteiger partial charge in [-0.1, -0.05) is 0 Å². The van der Waals surface area contributed by atoms with E-state index < -0.39 is 5.97 Å². The van der Waals surface area contributed by atoms with Crippen LogP contribution >= 0.6 is 0 Å². The fourth-order valence-corrected chi connectivity index (χ4v) is 2.00. The Balaban J connectivity index is 2.09. The summed E-state index contributed by atoms with van der Waals surface area (Å²) in [6.45, 7) is 6.94. The molecule has 5 nitrogen and oxygen atoms in total. The van der Waals surface area contributed by atoms with Crippen molar-refractivity contribution in [2.75, 3.05) is 19.8 Å². The number of carboxylic acid groups (broad SMARTS) is 1. The molecule has 2 rings (SSSR count). The third-order valence-corrected chi connectivity index (χ3v) is 3.11. The Morgan fingerprint density at radius 3 is 3.00 bits per heavy atom. The number of furan rings is 1. The number of hydrogen-bond donors (Lipinski definition) is 1. The molecule has 94 valence electrons. The molecule has 0 radical (unpaired) electrons. The van der Waals surface area contributed by atoms with Crippen LogP contribution in [0.3, 0.4) is 0 Å². The Morgan fingerprint density at radius 1 is 1.65 bits per heavy atom. The van der Waals surface area contributed by atoms with E-state index in [0.717, 1.165) is 25.3 Å². The zero-order chi connectivity index (χ0) is 12.4. The fraction of sp³-hybridized carbons (Fsp3) is 0.583. The molecule has 0 spiro atoms. The van der Waals surface area contributed by atoms with Gasteiger partial charge in [0.2, 0.25) is 5.76 Å². The van der Waals surface area contributed by atoms with Crippen LogP contribution in [0.15, 0.2) is 10.5 Å². The summed E-state index contributed by atoms with van der Waals surface area (Å²) in [6.07, 6.45) is 0. The largest absolute Gasteiger partial charge is 0.475 e. The van der Waals surface area contributed by atoms with E-state index in [4.69, 9.17) is 14.3 Å². The van der Waals surface area contributed by atoms with Crippen molar-refractivity contribution < 1.29 is 19.1 Å². The Kier molecular flexibility index (Phi) is 3.49. The Hall–Kier alpha value is -1.33. The minimum Gasteiger partial charge on any atom is -0.475 e. The monoisotopic (exact) mass is 239 g/mol. The molecule has 1 aromatic heterocycles. The number of hydrogen-bond acceptors (Lipinski definition) is 4. The molecule has 2 heterocycles. The Labute approximate surface area is 100.0 Å². The quantitative estimate of drug-likeness (QED) is 0.866. The molecular formula is C12H17NO4. The summed E-state index contributed by atoms with van der Waals surface area (Å²) < 4.78 is 10.6. The molecule has 1 fully saturated rings. The fourth-order valence-electron chi connectivity index (χ4n) is 2.00. The summed E-state index contributed by atoms with van der Waals surface area (Å²) in [6, 6.07) is 1.96. The van der Waals surface area contributed by atoms with Gasteiger partial charge in [-0.05, 0) is 19.9 Å². The van der Waals surface area contributed by atoms with Gasteiger partial charge in [-0.3, -0.25) is 4.90 Å². The third kappa shape index (κ3) is 2.68. The molecule has 1 aliphatic heterocycles. The molecule has 1 N–H and O–H groups in total. The van der Waals surface area contributed by atoms with Crippen molar-refractivity contribution in [3.05, 3.63) is 23.2 Å². The van der Waals surface area contributed by atoms with E-state index >= 15 is 0 Å². The zero-order valence-corrected chi connectivity index (χ0v) is 10.1. The molecule has 1 aromatic rings. The summed E-state index contributed by atoms with van der Waals surface area (Å²) in [5, 5.41) is 8.85. The minimum absolute atomic E-state index is 0.0124. The molecule has 0 aromatic carbocycles. The highest BCUT2D eigenvalue weighted by atomic mass is 16.5. The van der Waals surface area contributed by atoms with E-state index in [2.05, 4.69) is 11.8 Å². The number of nitrogens with zero attached hydrogens (tertiary/aromatic N) is 1. The van der Waals surface area contributed by atoms with Gasteiger partial charge in [0.1, 0.15) is 5.76 Å². The zero-order valence-electron chi connectivity index (χ0n) is 10.1. The Morgan fingerprint density at radius 2 is 2.41 bits per heavy atom. The number of ether oxygens (including phenoxy) is 1. The molecule has 1 atom stereocenters. The molecule has 1 saturated heterocycles. The van der Waals surface area contributed by atoms with Gasteiger partial charge in [0.15, 0.2) is 0 Å². The van der Waals surface area contributed by atoms with Crippen LogP contribution in [0.1, 0.15) is 28.8 Å². The van der Waals surface area contributed by atoms with Crippen LogP contribution in [0.5, 0.6) is 0 Å². The van der Waals surface area contributed by atoms with Crippen LogP contribution < -0.4 is 0 Å². The van der Waals surface area contributed by atoms with E-state index in [1.807, 2.05) is 0 Å². The van der Waals surface area contributed by atoms with Crippen molar-refractivity contribution in [2.45, 2.75) is 26.4 Å². The lowest BCUT2D eigenvalue weighted by Gasteiger charge is -2.32. The van der Waals surface area contributed by atoms with Gasteiger partial charge in [0.25, 0.3) is 0 Å². The second-order valence-electron chi connectivity index (χ2n) is 4.39. The number of carbonyl (C=O) groups is 1. The summed E-state index contributed by atoms with van der Waals surface area (Å²) in [5.41, 5.74) is 0.941. The van der Waals surface area contributed by atoms with Crippen LogP contribution in [0.4, 0.5) is 0 Å². The number of rotatable bonds is 3. The molecule has 1 unspecified atom stereocenters. The molecule has 17 heavy (non-hydrogen) atoms. The molecule has 0 aliphatic carbocycles. The number of aryl methyl sites for hydroxylation is 1. The van der Waals surface area contributed by atoms with Crippen LogP contribution in [0, 0.1) is 6.92 Å². The van der Waals surface area contributed by atoms with Crippen molar-refractivity contribution >= 4 is 5.97 Å². The van der Waals surface area contributed by atoms with Crippen LogP contribution in [0.25, 0.3) is 0 Å². The number of morpholine rings is 1. The summed E-state index contributed by atoms with van der Waals surface area (Å²) >= 11 is 0. The summed E-state index contributed by atoms with van der Waals surface area (Å²) in [7, 11) is 0. The third-order valence-electron chi connectivity index (χ3n) is 3.11. The predicted molar refractivity (Wildman–Crippen MR) is 61.1 cm³/mol. The number of carboxylic acids is 1. The van der Waals surface area contributed by atoms with Crippen molar-refractivity contribution in [3.8, 4) is 0 Å². The van der Waals surface area contributed by atoms with Crippen molar-refractivity contribution in [1.29, 1.82) is 0 Å². The van der Waals surface area contributed by atoms with Crippen LogP contribution in [-0.2, 0) is 11.3 Å². The van der Waals surface area contributed by atoms with E-state index in [1.165, 1.54) is 0 Å². The molecule has 0 saturated carbocycles. The van der Waals surface area contributed by atoms with E-state index in [-0.39, 0.29) is 5.76 Å². The van der Waals surface area contributed by atoms with Gasteiger partial charge in [-0.15, -0.1) is 0 Å². The van der Waals surface area contributed by atoms with Crippen molar-refractivity contribution in [3.63, 3.8) is 0 Å². The summed E-state index contributed by atoms with van der Waals surface area (Å²) in [4.78, 5) is 13.1. The lowest BCUT2D eigenvalue weighted by atomic mass is 10.2. The highest BCUT2D eigenvalue weighted by Crippen LogP contribution is 2.19. The average molecular weight is 239 g/mol. The maximum Gasteiger partial charge on any atom is 0.371 e. The van der Waals surface area contributed by atoms with E-state index in [0.29, 0.717) is 18.3 Å². The van der Waals surface area contributed by atoms with Gasteiger partial charge < -0.3 is 14.3 Å². The van der Waals surface area contributed by atoms with Gasteiger partial charge >= 0.3 is 5.97 Å². The average Bonchev–Trinajstić information content (AvgIpc) is 2.64. The smallest absolute Gasteiger partial charge is 0.371 e. The number of aromatic carboxylic acids is 1. The molecular weight excluding hydrogens is 222 g/mol. The lowest BCUT2D eigenvalue weighted by molar-refractivity contribution is -0.00454. The van der Waals surface area contributed by atoms with Gasteiger partial charge in [-0.25, -0.2) is 4.79 Å². The van der Waals surface area contributed by atoms with Gasteiger partial charge in [-0.2, -0.15) is 0 Å². The minimum atomic E-state index is -1.02. The van der Waals surface area contributed by atoms with Crippen molar-refractivity contribution in [2.24, 2.45) is 0 Å². The van der Waals surface area contributed by atoms with E-state index in [9.17, 15) is 4.79 Å². The summed E-state index contributed by atoms with van der Waals surface area (Å²) in [5.74, 6) is -0.325. The van der Waals surface area contributed by atoms with Gasteiger partial charge in [0, 0.05) is 24.7 Å². The van der Waals surface area contributed by atoms with E-state index in [1.54, 1.807) is 13.0 Å². The first-order chi connectivity index (χ1) is 8.08. The Bertz CT molecular complexity index is 413. The molecule has 0 amide bonds. The van der Waals surface area contributed by atoms with Gasteiger partial charge in [0.05, 0.1) is 13.2 Å². The lowest BCUT2D eigenvalue weighted by Crippen LogP contribution is -2.42. The first kappa shape index (κ1) is 12.1. The maximum absolute atomic E-state index is 10.8. The highest BCUT2D eigenvalue weighted by molar-refractivity contribution is 5.84. The SMILES string of the molecule is Cc1oc(C(=O)O)cc1CN1CCOCC1C. The molecule has 1 aliphatic rings. The van der Waals surface area contributed by atoms with Crippen molar-refractivity contribution in [1.82, 2.24) is 4.90 Å². The van der Waals surface area contributed by atoms with Crippen LogP contribution in [0.2, 0.25) is 0 Å². The normalized spacial score (nSPS) is 21.6. The molecule has 5 heteroatoms. The standard InChI is InChI=1S/C12H17NO4/c1-8-7-16-4-3-13(8)6-10-5-11(12(14)15)17-9(10)2/h5,8H,3-4,6-7H2,1-2H3,(H,14,15). The topological polar surface area (TPSA) is 62.9 Å². The molecule has 0 bridgehead atoms. The first-order valence-electron chi connectivity index (χ1n) is 5.72. The highest BCUT2D eigenvalue weighted by Gasteiger charge is 2.21. The van der Waals surface area contributed by atoms with Crippen LogP contribution in [-0.4, -0.2) is 41.8 Å². The predicted octanol–water partition coefficient (Wildman–Crippen LogP) is 1.51. The first-order valence-corrected chi connectivity index (χ1v) is 5.72.